The van der Waals surface area contributed by atoms with Crippen LogP contribution >= 0.6 is 34.4 Å². The number of carbonyl (C=O) groups is 2. The van der Waals surface area contributed by atoms with Crippen molar-refractivity contribution in [2.24, 2.45) is 5.92 Å². The number of hydrogen-bond donors (Lipinski definition) is 1. The summed E-state index contributed by atoms with van der Waals surface area (Å²) in [5, 5.41) is 15.6. The first-order chi connectivity index (χ1) is 17.5. The third kappa shape index (κ3) is 4.99. The largest absolute Gasteiger partial charge is 0.462 e. The number of nitrogens with one attached hydrogen (secondary N) is 1. The van der Waals surface area contributed by atoms with Gasteiger partial charge in [-0.25, -0.2) is 4.79 Å². The lowest BCUT2D eigenvalue weighted by atomic mass is 9.88. The van der Waals surface area contributed by atoms with Crippen molar-refractivity contribution in [2.45, 2.75) is 77.4 Å². The molecule has 1 unspecified atom stereocenters. The molecule has 3 heterocycles. The van der Waals surface area contributed by atoms with Gasteiger partial charge >= 0.3 is 5.97 Å². The summed E-state index contributed by atoms with van der Waals surface area (Å²) in [6, 6.07) is 0. The van der Waals surface area contributed by atoms with Crippen LogP contribution in [-0.4, -0.2) is 39.0 Å². The van der Waals surface area contributed by atoms with Gasteiger partial charge in [-0.2, -0.15) is 0 Å². The number of amides is 1. The Morgan fingerprint density at radius 1 is 1.19 bits per heavy atom. The molecule has 7 nitrogen and oxygen atoms in total. The molecule has 1 atom stereocenters. The highest BCUT2D eigenvalue weighted by molar-refractivity contribution is 7.99. The van der Waals surface area contributed by atoms with E-state index in [1.165, 1.54) is 50.4 Å². The highest BCUT2D eigenvalue weighted by Crippen LogP contribution is 2.40. The molecule has 5 rings (SSSR count). The smallest absolute Gasteiger partial charge is 0.341 e. The van der Waals surface area contributed by atoms with Gasteiger partial charge in [0.2, 0.25) is 5.91 Å². The van der Waals surface area contributed by atoms with E-state index in [2.05, 4.69) is 39.3 Å². The molecule has 0 aliphatic heterocycles. The van der Waals surface area contributed by atoms with Crippen LogP contribution in [0.1, 0.15) is 71.3 Å². The average Bonchev–Trinajstić information content (AvgIpc) is 3.61. The van der Waals surface area contributed by atoms with Gasteiger partial charge in [0.1, 0.15) is 5.00 Å². The van der Waals surface area contributed by atoms with Crippen molar-refractivity contribution in [1.29, 1.82) is 0 Å². The Hall–Kier alpha value is -2.17. The van der Waals surface area contributed by atoms with Gasteiger partial charge in [0.15, 0.2) is 11.0 Å². The van der Waals surface area contributed by atoms with Crippen LogP contribution in [0.5, 0.6) is 0 Å². The Morgan fingerprint density at radius 3 is 2.86 bits per heavy atom. The maximum Gasteiger partial charge on any atom is 0.341 e. The van der Waals surface area contributed by atoms with Crippen molar-refractivity contribution in [3.05, 3.63) is 31.8 Å². The van der Waals surface area contributed by atoms with E-state index in [0.29, 0.717) is 17.2 Å². The van der Waals surface area contributed by atoms with Gasteiger partial charge in [0.05, 0.1) is 17.9 Å². The lowest BCUT2D eigenvalue weighted by Crippen LogP contribution is -2.17. The second-order valence-corrected chi connectivity index (χ2v) is 12.5. The minimum atomic E-state index is -0.347. The monoisotopic (exact) mass is 544 g/mol. The maximum absolute atomic E-state index is 12.9. The number of aromatic nitrogens is 3. The molecule has 0 radical (unpaired) electrons. The summed E-state index contributed by atoms with van der Waals surface area (Å²) in [5.41, 5.74) is 4.21. The topological polar surface area (TPSA) is 86.1 Å². The lowest BCUT2D eigenvalue weighted by Gasteiger charge is -2.19. The highest BCUT2D eigenvalue weighted by atomic mass is 32.2. The van der Waals surface area contributed by atoms with E-state index in [1.54, 1.807) is 6.92 Å². The zero-order valence-electron chi connectivity index (χ0n) is 21.0. The Kier molecular flexibility index (Phi) is 7.83. The van der Waals surface area contributed by atoms with E-state index in [9.17, 15) is 9.59 Å². The molecule has 0 aromatic carbocycles. The Bertz CT molecular complexity index is 1280. The van der Waals surface area contributed by atoms with Gasteiger partial charge < -0.3 is 14.6 Å². The van der Waals surface area contributed by atoms with Crippen molar-refractivity contribution in [3.8, 4) is 11.4 Å². The molecule has 0 saturated carbocycles. The fourth-order valence-corrected chi connectivity index (χ4v) is 8.39. The Balaban J connectivity index is 1.31. The molecule has 0 saturated heterocycles. The summed E-state index contributed by atoms with van der Waals surface area (Å²) in [7, 11) is 0. The summed E-state index contributed by atoms with van der Waals surface area (Å²) in [6.07, 6.45) is 7.25. The summed E-state index contributed by atoms with van der Waals surface area (Å²) in [4.78, 5) is 28.2. The normalized spacial score (nSPS) is 16.6. The Labute approximate surface area is 224 Å². The lowest BCUT2D eigenvalue weighted by molar-refractivity contribution is -0.113. The molecule has 0 bridgehead atoms. The van der Waals surface area contributed by atoms with E-state index < -0.39 is 0 Å². The fourth-order valence-electron chi connectivity index (χ4n) is 5.09. The standard InChI is InChI=1S/C26H32N4O3S3/c1-4-11-30-23(18-13-34-20-12-15(3)9-10-16(18)20)28-29-26(30)35-14-21(31)27-24-22(25(32)33-5-2)17-7-6-8-19(17)36-24/h13,15H,4-12,14H2,1-3H3,(H,27,31). The number of nitrogens with zero attached hydrogens (tertiary/aromatic N) is 3. The van der Waals surface area contributed by atoms with Crippen molar-refractivity contribution in [1.82, 2.24) is 14.8 Å². The molecular weight excluding hydrogens is 513 g/mol. The zero-order chi connectivity index (χ0) is 25.2. The number of hydrogen-bond acceptors (Lipinski definition) is 8. The van der Waals surface area contributed by atoms with Gasteiger partial charge in [0, 0.05) is 27.2 Å². The zero-order valence-corrected chi connectivity index (χ0v) is 23.5. The maximum atomic E-state index is 12.9. The molecule has 1 N–H and O–H groups in total. The first-order valence-electron chi connectivity index (χ1n) is 12.8. The number of esters is 1. The number of thioether (sulfide) groups is 1. The summed E-state index contributed by atoms with van der Waals surface area (Å²) in [5.74, 6) is 1.34. The van der Waals surface area contributed by atoms with Crippen LogP contribution in [0.25, 0.3) is 11.4 Å². The van der Waals surface area contributed by atoms with Crippen molar-refractivity contribution in [3.63, 3.8) is 0 Å². The third-order valence-corrected chi connectivity index (χ3v) is 10.0. The molecule has 0 fully saturated rings. The number of carbonyl (C=O) groups excluding carboxylic acids is 2. The molecular formula is C26H32N4O3S3. The SMILES string of the molecule is CCCn1c(SCC(=O)Nc2sc3c(c2C(=O)OCC)CCC3)nnc1-c1csc2c1CCC(C)C2. The Morgan fingerprint density at radius 2 is 2.06 bits per heavy atom. The molecule has 0 spiro atoms. The first-order valence-corrected chi connectivity index (χ1v) is 15.4. The van der Waals surface area contributed by atoms with E-state index in [1.807, 2.05) is 11.3 Å². The second-order valence-electron chi connectivity index (χ2n) is 9.48. The summed E-state index contributed by atoms with van der Waals surface area (Å²) in [6.45, 7) is 7.38. The average molecular weight is 545 g/mol. The molecule has 2 aliphatic rings. The van der Waals surface area contributed by atoms with Crippen molar-refractivity contribution in [2.75, 3.05) is 17.7 Å². The highest BCUT2D eigenvalue weighted by Gasteiger charge is 2.29. The van der Waals surface area contributed by atoms with Gasteiger partial charge in [-0.15, -0.1) is 32.9 Å². The fraction of sp³-hybridized carbons (Fsp3) is 0.538. The number of fused-ring (bicyclic) bond motifs is 2. The van der Waals surface area contributed by atoms with Crippen LogP contribution in [0.2, 0.25) is 0 Å². The molecule has 10 heteroatoms. The number of thiophene rings is 2. The van der Waals surface area contributed by atoms with Crippen LogP contribution in [-0.2, 0) is 41.8 Å². The first kappa shape index (κ1) is 25.5. The molecule has 3 aromatic heterocycles. The summed E-state index contributed by atoms with van der Waals surface area (Å²) >= 11 is 4.73. The number of anilines is 1. The van der Waals surface area contributed by atoms with Crippen molar-refractivity contribution >= 4 is 51.3 Å². The van der Waals surface area contributed by atoms with Gasteiger partial charge in [0.25, 0.3) is 0 Å². The predicted octanol–water partition coefficient (Wildman–Crippen LogP) is 6.00. The molecule has 192 valence electrons. The number of aryl methyl sites for hydroxylation is 1. The minimum Gasteiger partial charge on any atom is -0.462 e. The van der Waals surface area contributed by atoms with E-state index in [4.69, 9.17) is 4.74 Å². The van der Waals surface area contributed by atoms with Crippen LogP contribution in [0.15, 0.2) is 10.5 Å². The third-order valence-electron chi connectivity index (χ3n) is 6.79. The van der Waals surface area contributed by atoms with E-state index >= 15 is 0 Å². The van der Waals surface area contributed by atoms with Crippen LogP contribution in [0, 0.1) is 5.92 Å². The van der Waals surface area contributed by atoms with E-state index in [0.717, 1.165) is 67.5 Å². The molecule has 36 heavy (non-hydrogen) atoms. The predicted molar refractivity (Wildman–Crippen MR) is 146 cm³/mol. The quantitative estimate of drug-likeness (QED) is 0.263. The van der Waals surface area contributed by atoms with Gasteiger partial charge in [-0.3, -0.25) is 4.79 Å². The van der Waals surface area contributed by atoms with Gasteiger partial charge in [-0.05, 0) is 68.9 Å². The number of ether oxygens (including phenoxy) is 1. The minimum absolute atomic E-state index is 0.153. The van der Waals surface area contributed by atoms with E-state index in [-0.39, 0.29) is 17.6 Å². The summed E-state index contributed by atoms with van der Waals surface area (Å²) < 4.78 is 7.43. The van der Waals surface area contributed by atoms with Crippen molar-refractivity contribution < 1.29 is 14.3 Å². The second kappa shape index (κ2) is 11.1. The number of rotatable bonds is 9. The molecule has 1 amide bonds. The molecule has 3 aromatic rings. The van der Waals surface area contributed by atoms with Crippen LogP contribution in [0.4, 0.5) is 5.00 Å². The molecule has 2 aliphatic carbocycles. The van der Waals surface area contributed by atoms with Crippen LogP contribution < -0.4 is 5.32 Å². The van der Waals surface area contributed by atoms with Crippen LogP contribution in [0.3, 0.4) is 0 Å². The van der Waals surface area contributed by atoms with Gasteiger partial charge in [-0.1, -0.05) is 25.6 Å².